The molecule has 6 nitrogen and oxygen atoms in total. The van der Waals surface area contributed by atoms with E-state index in [9.17, 15) is 22.7 Å². The first-order valence-corrected chi connectivity index (χ1v) is 9.06. The number of hydrogen-bond acceptors (Lipinski definition) is 4. The number of phenols is 1. The molecule has 0 bridgehead atoms. The summed E-state index contributed by atoms with van der Waals surface area (Å²) in [7, 11) is -3.88. The van der Waals surface area contributed by atoms with Gasteiger partial charge in [0.05, 0.1) is 18.3 Å². The van der Waals surface area contributed by atoms with Gasteiger partial charge in [-0.15, -0.1) is 0 Å². The van der Waals surface area contributed by atoms with Crippen LogP contribution in [0.25, 0.3) is 0 Å². The van der Waals surface area contributed by atoms with Gasteiger partial charge < -0.3 is 9.90 Å². The highest BCUT2D eigenvalue weighted by Crippen LogP contribution is 2.32. The van der Waals surface area contributed by atoms with Crippen LogP contribution in [0, 0.1) is 12.7 Å². The fraction of sp³-hybridized carbons (Fsp3) is 0.235. The molecule has 0 spiro atoms. The van der Waals surface area contributed by atoms with E-state index >= 15 is 0 Å². The van der Waals surface area contributed by atoms with E-state index in [0.717, 1.165) is 9.87 Å². The van der Waals surface area contributed by atoms with E-state index in [1.54, 1.807) is 25.1 Å². The molecule has 3 rings (SSSR count). The van der Waals surface area contributed by atoms with E-state index in [1.165, 1.54) is 18.2 Å². The molecule has 0 radical (unpaired) electrons. The van der Waals surface area contributed by atoms with Gasteiger partial charge in [-0.2, -0.15) is 13.1 Å². The molecule has 1 heterocycles. The zero-order chi connectivity index (χ0) is 18.2. The minimum atomic E-state index is -3.88. The van der Waals surface area contributed by atoms with E-state index in [2.05, 4.69) is 4.72 Å². The van der Waals surface area contributed by atoms with E-state index in [0.29, 0.717) is 17.4 Å². The second-order valence-corrected chi connectivity index (χ2v) is 7.62. The molecule has 25 heavy (non-hydrogen) atoms. The Kier molecular flexibility index (Phi) is 4.49. The highest BCUT2D eigenvalue weighted by atomic mass is 32.2. The number of halogens is 1. The Hall–Kier alpha value is -2.45. The fourth-order valence-corrected chi connectivity index (χ4v) is 4.18. The quantitative estimate of drug-likeness (QED) is 0.808. The number of carbonyl (C=O) groups is 1. The van der Waals surface area contributed by atoms with Gasteiger partial charge >= 0.3 is 10.2 Å². The zero-order valence-electron chi connectivity index (χ0n) is 13.4. The molecule has 2 aromatic rings. The highest BCUT2D eigenvalue weighted by Gasteiger charge is 2.36. The molecular formula is C17H17FN2O4S. The van der Waals surface area contributed by atoms with Crippen molar-refractivity contribution >= 4 is 22.2 Å². The van der Waals surface area contributed by atoms with E-state index in [4.69, 9.17) is 0 Å². The topological polar surface area (TPSA) is 86.7 Å². The zero-order valence-corrected chi connectivity index (χ0v) is 14.3. The molecule has 0 aliphatic carbocycles. The predicted molar refractivity (Wildman–Crippen MR) is 91.3 cm³/mol. The Morgan fingerprint density at radius 3 is 2.68 bits per heavy atom. The number of hydrogen-bond donors (Lipinski definition) is 2. The number of aryl methyl sites for hydroxylation is 1. The minimum absolute atomic E-state index is 0.0741. The number of anilines is 1. The lowest BCUT2D eigenvalue weighted by Gasteiger charge is -2.18. The van der Waals surface area contributed by atoms with Crippen molar-refractivity contribution in [3.05, 3.63) is 58.9 Å². The lowest BCUT2D eigenvalue weighted by Crippen LogP contribution is -2.30. The molecule has 1 aliphatic rings. The van der Waals surface area contributed by atoms with Crippen molar-refractivity contribution in [2.75, 3.05) is 10.8 Å². The average Bonchev–Trinajstić information content (AvgIpc) is 2.85. The van der Waals surface area contributed by atoms with Gasteiger partial charge in [0, 0.05) is 6.42 Å². The predicted octanol–water partition coefficient (Wildman–Crippen LogP) is 1.65. The molecule has 2 aromatic carbocycles. The molecule has 2 N–H and O–H groups in total. The van der Waals surface area contributed by atoms with Crippen LogP contribution in [0.1, 0.15) is 16.7 Å². The first kappa shape index (κ1) is 17.4. The lowest BCUT2D eigenvalue weighted by molar-refractivity contribution is -0.108. The van der Waals surface area contributed by atoms with Crippen LogP contribution in [0.5, 0.6) is 5.75 Å². The first-order chi connectivity index (χ1) is 11.8. The van der Waals surface area contributed by atoms with E-state index in [-0.39, 0.29) is 30.2 Å². The normalized spacial score (nSPS) is 19.1. The van der Waals surface area contributed by atoms with Gasteiger partial charge in [-0.05, 0) is 41.8 Å². The SMILES string of the molecule is Cc1ccc(Cc2ccc(N3CC(C=O)NS3(=O)=O)c(O)c2)c(F)c1. The third-order valence-electron chi connectivity index (χ3n) is 4.03. The molecule has 1 unspecified atom stereocenters. The van der Waals surface area contributed by atoms with Crippen molar-refractivity contribution in [1.29, 1.82) is 0 Å². The Labute approximate surface area is 145 Å². The van der Waals surface area contributed by atoms with Gasteiger partial charge in [0.1, 0.15) is 17.9 Å². The van der Waals surface area contributed by atoms with Gasteiger partial charge in [0.15, 0.2) is 0 Å². The maximum atomic E-state index is 14.0. The van der Waals surface area contributed by atoms with Gasteiger partial charge in [-0.3, -0.25) is 4.31 Å². The van der Waals surface area contributed by atoms with Crippen molar-refractivity contribution in [1.82, 2.24) is 4.72 Å². The van der Waals surface area contributed by atoms with Crippen LogP contribution >= 0.6 is 0 Å². The number of carbonyl (C=O) groups excluding carboxylic acids is 1. The van der Waals surface area contributed by atoms with Crippen LogP contribution < -0.4 is 9.03 Å². The van der Waals surface area contributed by atoms with Crippen molar-refractivity contribution in [3.63, 3.8) is 0 Å². The van der Waals surface area contributed by atoms with Crippen molar-refractivity contribution in [3.8, 4) is 5.75 Å². The molecular weight excluding hydrogens is 347 g/mol. The molecule has 0 saturated carbocycles. The third-order valence-corrected chi connectivity index (χ3v) is 5.56. The van der Waals surface area contributed by atoms with Crippen LogP contribution in [0.2, 0.25) is 0 Å². The molecule has 1 atom stereocenters. The molecule has 0 amide bonds. The van der Waals surface area contributed by atoms with E-state index < -0.39 is 16.3 Å². The molecule has 8 heteroatoms. The number of rotatable bonds is 4. The highest BCUT2D eigenvalue weighted by molar-refractivity contribution is 7.91. The smallest absolute Gasteiger partial charge is 0.302 e. The van der Waals surface area contributed by atoms with Crippen LogP contribution in [0.3, 0.4) is 0 Å². The second kappa shape index (κ2) is 6.45. The molecule has 1 saturated heterocycles. The van der Waals surface area contributed by atoms with Crippen LogP contribution in [0.15, 0.2) is 36.4 Å². The van der Waals surface area contributed by atoms with Crippen molar-refractivity contribution < 1.29 is 22.7 Å². The summed E-state index contributed by atoms with van der Waals surface area (Å²) in [6, 6.07) is 8.53. The molecule has 1 aliphatic heterocycles. The lowest BCUT2D eigenvalue weighted by atomic mass is 10.0. The standard InChI is InChI=1S/C17H17FN2O4S/c1-11-2-4-13(15(18)6-11)7-12-3-5-16(17(22)8-12)20-9-14(10-21)19-25(20,23)24/h2-6,8,10,14,19,22H,7,9H2,1H3. The summed E-state index contributed by atoms with van der Waals surface area (Å²) in [5.74, 6) is -0.578. The van der Waals surface area contributed by atoms with Gasteiger partial charge in [-0.25, -0.2) is 4.39 Å². The Bertz CT molecular complexity index is 930. The first-order valence-electron chi connectivity index (χ1n) is 7.62. The summed E-state index contributed by atoms with van der Waals surface area (Å²) >= 11 is 0. The van der Waals surface area contributed by atoms with Crippen LogP contribution in [0.4, 0.5) is 10.1 Å². The summed E-state index contributed by atoms with van der Waals surface area (Å²) in [6.45, 7) is 1.70. The third kappa shape index (κ3) is 3.49. The number of benzene rings is 2. The van der Waals surface area contributed by atoms with Crippen LogP contribution in [-0.2, 0) is 21.4 Å². The Balaban J connectivity index is 1.87. The molecule has 132 valence electrons. The Morgan fingerprint density at radius 1 is 1.32 bits per heavy atom. The second-order valence-electron chi connectivity index (χ2n) is 5.99. The molecule has 0 aromatic heterocycles. The molecule has 1 fully saturated rings. The summed E-state index contributed by atoms with van der Waals surface area (Å²) < 4.78 is 41.2. The van der Waals surface area contributed by atoms with Gasteiger partial charge in [0.25, 0.3) is 0 Å². The van der Waals surface area contributed by atoms with Gasteiger partial charge in [0.2, 0.25) is 0 Å². The summed E-state index contributed by atoms with van der Waals surface area (Å²) in [5, 5.41) is 10.2. The number of nitrogens with zero attached hydrogens (tertiary/aromatic N) is 1. The fourth-order valence-electron chi connectivity index (χ4n) is 2.77. The average molecular weight is 364 g/mol. The summed E-state index contributed by atoms with van der Waals surface area (Å²) in [6.07, 6.45) is 0.769. The van der Waals surface area contributed by atoms with Gasteiger partial charge in [-0.1, -0.05) is 18.2 Å². The monoisotopic (exact) mass is 364 g/mol. The number of phenolic OH excluding ortho intramolecular Hbond substituents is 1. The number of aromatic hydroxyl groups is 1. The van der Waals surface area contributed by atoms with Crippen molar-refractivity contribution in [2.45, 2.75) is 19.4 Å². The largest absolute Gasteiger partial charge is 0.506 e. The number of nitrogens with one attached hydrogen (secondary N) is 1. The maximum absolute atomic E-state index is 14.0. The minimum Gasteiger partial charge on any atom is -0.506 e. The number of aldehydes is 1. The summed E-state index contributed by atoms with van der Waals surface area (Å²) in [4.78, 5) is 10.8. The summed E-state index contributed by atoms with van der Waals surface area (Å²) in [5.41, 5.74) is 2.01. The maximum Gasteiger partial charge on any atom is 0.302 e. The van der Waals surface area contributed by atoms with Crippen LogP contribution in [-0.4, -0.2) is 32.4 Å². The Morgan fingerprint density at radius 2 is 2.08 bits per heavy atom. The van der Waals surface area contributed by atoms with E-state index in [1.807, 2.05) is 0 Å². The van der Waals surface area contributed by atoms with Crippen molar-refractivity contribution in [2.24, 2.45) is 0 Å².